The molecule has 0 radical (unpaired) electrons. The van der Waals surface area contributed by atoms with E-state index in [0.29, 0.717) is 24.2 Å². The monoisotopic (exact) mass is 368 g/mol. The van der Waals surface area contributed by atoms with E-state index in [1.807, 2.05) is 11.8 Å². The van der Waals surface area contributed by atoms with Crippen LogP contribution in [0.2, 0.25) is 0 Å². The molecule has 2 heterocycles. The maximum atomic E-state index is 13.1. The SMILES string of the molecule is Cc1ccc(C2CSCCN2Cc2ncc(-c3ccc(F)cc3)o2)cc1. The lowest BCUT2D eigenvalue weighted by molar-refractivity contribution is 0.192. The van der Waals surface area contributed by atoms with E-state index in [1.54, 1.807) is 18.3 Å². The lowest BCUT2D eigenvalue weighted by Gasteiger charge is -2.34. The molecule has 1 saturated heterocycles. The molecule has 1 unspecified atom stereocenters. The Hall–Kier alpha value is -2.11. The second kappa shape index (κ2) is 7.64. The standard InChI is InChI=1S/C21H21FN2OS/c1-15-2-4-16(5-3-15)19-14-26-11-10-24(19)13-21-23-12-20(25-21)17-6-8-18(22)9-7-17/h2-9,12,19H,10-11,13-14H2,1H3. The van der Waals surface area contributed by atoms with Crippen LogP contribution in [0.15, 0.2) is 59.1 Å². The van der Waals surface area contributed by atoms with E-state index >= 15 is 0 Å². The van der Waals surface area contributed by atoms with Gasteiger partial charge in [0.05, 0.1) is 12.7 Å². The highest BCUT2D eigenvalue weighted by atomic mass is 32.2. The topological polar surface area (TPSA) is 29.3 Å². The van der Waals surface area contributed by atoms with Crippen molar-refractivity contribution in [3.05, 3.63) is 77.6 Å². The van der Waals surface area contributed by atoms with Crippen molar-refractivity contribution in [3.63, 3.8) is 0 Å². The predicted molar refractivity (Wildman–Crippen MR) is 104 cm³/mol. The number of rotatable bonds is 4. The summed E-state index contributed by atoms with van der Waals surface area (Å²) in [6, 6.07) is 15.5. The van der Waals surface area contributed by atoms with E-state index in [-0.39, 0.29) is 5.82 Å². The van der Waals surface area contributed by atoms with Gasteiger partial charge in [0, 0.05) is 29.7 Å². The molecule has 3 aromatic rings. The van der Waals surface area contributed by atoms with Gasteiger partial charge < -0.3 is 4.42 Å². The zero-order chi connectivity index (χ0) is 17.9. The molecule has 0 N–H and O–H groups in total. The van der Waals surface area contributed by atoms with Gasteiger partial charge in [-0.2, -0.15) is 11.8 Å². The summed E-state index contributed by atoms with van der Waals surface area (Å²) in [6.45, 7) is 3.80. The molecule has 3 nitrogen and oxygen atoms in total. The van der Waals surface area contributed by atoms with Gasteiger partial charge >= 0.3 is 0 Å². The summed E-state index contributed by atoms with van der Waals surface area (Å²) >= 11 is 1.99. The Morgan fingerprint density at radius 2 is 1.92 bits per heavy atom. The summed E-state index contributed by atoms with van der Waals surface area (Å²) in [7, 11) is 0. The highest BCUT2D eigenvalue weighted by Crippen LogP contribution is 2.31. The molecule has 4 rings (SSSR count). The lowest BCUT2D eigenvalue weighted by atomic mass is 10.0. The van der Waals surface area contributed by atoms with Gasteiger partial charge in [0.15, 0.2) is 5.76 Å². The van der Waals surface area contributed by atoms with Crippen molar-refractivity contribution in [1.29, 1.82) is 0 Å². The van der Waals surface area contributed by atoms with E-state index < -0.39 is 0 Å². The molecule has 5 heteroatoms. The average molecular weight is 368 g/mol. The summed E-state index contributed by atoms with van der Waals surface area (Å²) in [4.78, 5) is 6.87. The smallest absolute Gasteiger partial charge is 0.209 e. The van der Waals surface area contributed by atoms with Crippen LogP contribution in [0.5, 0.6) is 0 Å². The Morgan fingerprint density at radius 1 is 1.15 bits per heavy atom. The van der Waals surface area contributed by atoms with Gasteiger partial charge in [-0.3, -0.25) is 4.90 Å². The van der Waals surface area contributed by atoms with Crippen molar-refractivity contribution in [3.8, 4) is 11.3 Å². The zero-order valence-corrected chi connectivity index (χ0v) is 15.5. The molecule has 1 atom stereocenters. The minimum Gasteiger partial charge on any atom is -0.439 e. The van der Waals surface area contributed by atoms with Crippen LogP contribution in [-0.4, -0.2) is 27.9 Å². The summed E-state index contributed by atoms with van der Waals surface area (Å²) in [6.07, 6.45) is 1.72. The van der Waals surface area contributed by atoms with Gasteiger partial charge in [0.2, 0.25) is 5.89 Å². The molecular weight excluding hydrogens is 347 g/mol. The number of aromatic nitrogens is 1. The van der Waals surface area contributed by atoms with Crippen LogP contribution in [0.4, 0.5) is 4.39 Å². The molecule has 0 spiro atoms. The molecule has 1 aliphatic rings. The Balaban J connectivity index is 1.51. The van der Waals surface area contributed by atoms with Crippen LogP contribution in [0.3, 0.4) is 0 Å². The van der Waals surface area contributed by atoms with Gasteiger partial charge in [-0.05, 0) is 36.8 Å². The fraction of sp³-hybridized carbons (Fsp3) is 0.286. The van der Waals surface area contributed by atoms with Gasteiger partial charge in [-0.1, -0.05) is 29.8 Å². The van der Waals surface area contributed by atoms with Crippen LogP contribution >= 0.6 is 11.8 Å². The van der Waals surface area contributed by atoms with Gasteiger partial charge in [0.25, 0.3) is 0 Å². The van der Waals surface area contributed by atoms with Crippen molar-refractivity contribution >= 4 is 11.8 Å². The lowest BCUT2D eigenvalue weighted by Crippen LogP contribution is -2.35. The highest BCUT2D eigenvalue weighted by Gasteiger charge is 2.25. The predicted octanol–water partition coefficient (Wildman–Crippen LogP) is 5.08. The summed E-state index contributed by atoms with van der Waals surface area (Å²) in [5.74, 6) is 3.33. The van der Waals surface area contributed by atoms with Crippen LogP contribution in [0.1, 0.15) is 23.1 Å². The van der Waals surface area contributed by atoms with Crippen molar-refractivity contribution in [2.75, 3.05) is 18.1 Å². The summed E-state index contributed by atoms with van der Waals surface area (Å²) in [5.41, 5.74) is 3.46. The first-order valence-electron chi connectivity index (χ1n) is 8.78. The van der Waals surface area contributed by atoms with Crippen molar-refractivity contribution in [2.45, 2.75) is 19.5 Å². The Bertz CT molecular complexity index is 860. The number of oxazole rings is 1. The quantitative estimate of drug-likeness (QED) is 0.642. The van der Waals surface area contributed by atoms with E-state index in [2.05, 4.69) is 41.1 Å². The van der Waals surface area contributed by atoms with Crippen molar-refractivity contribution < 1.29 is 8.81 Å². The first-order chi connectivity index (χ1) is 12.7. The fourth-order valence-electron chi connectivity index (χ4n) is 3.23. The van der Waals surface area contributed by atoms with E-state index in [9.17, 15) is 4.39 Å². The van der Waals surface area contributed by atoms with Crippen molar-refractivity contribution in [2.24, 2.45) is 0 Å². The zero-order valence-electron chi connectivity index (χ0n) is 14.7. The summed E-state index contributed by atoms with van der Waals surface area (Å²) in [5, 5.41) is 0. The number of hydrogen-bond acceptors (Lipinski definition) is 4. The molecule has 26 heavy (non-hydrogen) atoms. The number of aryl methyl sites for hydroxylation is 1. The molecular formula is C21H21FN2OS. The molecule has 0 saturated carbocycles. The fourth-order valence-corrected chi connectivity index (χ4v) is 4.38. The van der Waals surface area contributed by atoms with Crippen LogP contribution in [-0.2, 0) is 6.54 Å². The third kappa shape index (κ3) is 3.84. The third-order valence-corrected chi connectivity index (χ3v) is 5.74. The average Bonchev–Trinajstić information content (AvgIpc) is 3.12. The van der Waals surface area contributed by atoms with Gasteiger partial charge in [-0.25, -0.2) is 9.37 Å². The van der Waals surface area contributed by atoms with Gasteiger partial charge in [-0.15, -0.1) is 0 Å². The van der Waals surface area contributed by atoms with E-state index in [1.165, 1.54) is 23.3 Å². The molecule has 1 aromatic heterocycles. The molecule has 0 amide bonds. The Kier molecular flexibility index (Phi) is 5.09. The third-order valence-electron chi connectivity index (χ3n) is 4.72. The minimum atomic E-state index is -0.250. The number of nitrogens with zero attached hydrogens (tertiary/aromatic N) is 2. The molecule has 1 fully saturated rings. The largest absolute Gasteiger partial charge is 0.439 e. The van der Waals surface area contributed by atoms with Crippen LogP contribution in [0, 0.1) is 12.7 Å². The number of benzene rings is 2. The Labute approximate surface area is 157 Å². The summed E-state index contributed by atoms with van der Waals surface area (Å²) < 4.78 is 19.0. The minimum absolute atomic E-state index is 0.250. The van der Waals surface area contributed by atoms with Crippen LogP contribution in [0.25, 0.3) is 11.3 Å². The number of hydrogen-bond donors (Lipinski definition) is 0. The normalized spacial score (nSPS) is 18.2. The van der Waals surface area contributed by atoms with Gasteiger partial charge in [0.1, 0.15) is 5.82 Å². The number of thioether (sulfide) groups is 1. The number of halogens is 1. The first kappa shape index (κ1) is 17.3. The molecule has 0 aliphatic carbocycles. The molecule has 2 aromatic carbocycles. The second-order valence-electron chi connectivity index (χ2n) is 6.60. The molecule has 134 valence electrons. The van der Waals surface area contributed by atoms with E-state index in [4.69, 9.17) is 4.42 Å². The second-order valence-corrected chi connectivity index (χ2v) is 7.75. The first-order valence-corrected chi connectivity index (χ1v) is 9.93. The van der Waals surface area contributed by atoms with Crippen LogP contribution < -0.4 is 0 Å². The Morgan fingerprint density at radius 3 is 2.69 bits per heavy atom. The maximum absolute atomic E-state index is 13.1. The van der Waals surface area contributed by atoms with E-state index in [0.717, 1.165) is 23.6 Å². The van der Waals surface area contributed by atoms with Crippen molar-refractivity contribution in [1.82, 2.24) is 9.88 Å². The highest BCUT2D eigenvalue weighted by molar-refractivity contribution is 7.99. The maximum Gasteiger partial charge on any atom is 0.209 e. The molecule has 0 bridgehead atoms. The molecule has 1 aliphatic heterocycles.